The Labute approximate surface area is 125 Å². The molecule has 1 saturated heterocycles. The monoisotopic (exact) mass is 290 g/mol. The van der Waals surface area contributed by atoms with E-state index in [1.165, 1.54) is 0 Å². The van der Waals surface area contributed by atoms with Crippen molar-refractivity contribution in [3.8, 4) is 5.75 Å². The molecule has 0 spiro atoms. The second kappa shape index (κ2) is 7.69. The Morgan fingerprint density at radius 2 is 2.38 bits per heavy atom. The van der Waals surface area contributed by atoms with Crippen molar-refractivity contribution in [1.29, 1.82) is 0 Å². The molecule has 5 heteroatoms. The summed E-state index contributed by atoms with van der Waals surface area (Å²) in [6, 6.07) is 7.61. The number of morpholine rings is 1. The molecule has 1 unspecified atom stereocenters. The number of hydrogen-bond donors (Lipinski definition) is 1. The van der Waals surface area contributed by atoms with Gasteiger partial charge in [-0.1, -0.05) is 30.9 Å². The molecule has 0 saturated carbocycles. The molecule has 1 heterocycles. The molecule has 1 fully saturated rings. The van der Waals surface area contributed by atoms with Gasteiger partial charge in [0.25, 0.3) is 0 Å². The third-order valence-electron chi connectivity index (χ3n) is 3.29. The minimum Gasteiger partial charge on any atom is -0.489 e. The number of nitrogens with zero attached hydrogens (tertiary/aromatic N) is 1. The summed E-state index contributed by atoms with van der Waals surface area (Å²) in [6.07, 6.45) is 1.79. The lowest BCUT2D eigenvalue weighted by atomic mass is 10.2. The van der Waals surface area contributed by atoms with Gasteiger partial charge >= 0.3 is 6.03 Å². The van der Waals surface area contributed by atoms with Gasteiger partial charge < -0.3 is 19.7 Å². The van der Waals surface area contributed by atoms with Crippen LogP contribution in [0.5, 0.6) is 5.75 Å². The zero-order valence-electron chi connectivity index (χ0n) is 12.4. The van der Waals surface area contributed by atoms with Gasteiger partial charge in [0.2, 0.25) is 0 Å². The van der Waals surface area contributed by atoms with Crippen molar-refractivity contribution in [2.24, 2.45) is 0 Å². The number of para-hydroxylation sites is 1. The fraction of sp³-hybridized carbons (Fsp3) is 0.438. The summed E-state index contributed by atoms with van der Waals surface area (Å²) in [5, 5.41) is 2.93. The quantitative estimate of drug-likeness (QED) is 0.846. The summed E-state index contributed by atoms with van der Waals surface area (Å²) >= 11 is 0. The standard InChI is InChI=1S/C16H22N2O3/c1-3-9-21-15-7-5-4-6-14(15)11-17-16(19)18-8-10-20-13(2)12-18/h3-7,13H,1,8-12H2,2H3,(H,17,19). The highest BCUT2D eigenvalue weighted by Crippen LogP contribution is 2.17. The highest BCUT2D eigenvalue weighted by molar-refractivity contribution is 5.74. The van der Waals surface area contributed by atoms with Crippen molar-refractivity contribution < 1.29 is 14.3 Å². The number of amides is 2. The molecule has 1 N–H and O–H groups in total. The van der Waals surface area contributed by atoms with Crippen LogP contribution in [0.2, 0.25) is 0 Å². The molecule has 1 atom stereocenters. The maximum absolute atomic E-state index is 12.1. The largest absolute Gasteiger partial charge is 0.489 e. The van der Waals surface area contributed by atoms with E-state index in [1.807, 2.05) is 31.2 Å². The Hall–Kier alpha value is -2.01. The molecule has 1 aliphatic rings. The second-order valence-corrected chi connectivity index (χ2v) is 4.99. The summed E-state index contributed by atoms with van der Waals surface area (Å²) < 4.78 is 11.0. The van der Waals surface area contributed by atoms with Crippen molar-refractivity contribution in [2.75, 3.05) is 26.3 Å². The van der Waals surface area contributed by atoms with Crippen LogP contribution in [0.15, 0.2) is 36.9 Å². The highest BCUT2D eigenvalue weighted by atomic mass is 16.5. The first-order valence-corrected chi connectivity index (χ1v) is 7.16. The number of benzene rings is 1. The lowest BCUT2D eigenvalue weighted by Crippen LogP contribution is -2.48. The van der Waals surface area contributed by atoms with Crippen LogP contribution >= 0.6 is 0 Å². The molecule has 0 bridgehead atoms. The van der Waals surface area contributed by atoms with Gasteiger partial charge in [0, 0.05) is 25.2 Å². The number of hydrogen-bond acceptors (Lipinski definition) is 3. The van der Waals surface area contributed by atoms with Crippen molar-refractivity contribution in [2.45, 2.75) is 19.6 Å². The molecule has 5 nitrogen and oxygen atoms in total. The van der Waals surface area contributed by atoms with E-state index in [9.17, 15) is 4.79 Å². The average molecular weight is 290 g/mol. The van der Waals surface area contributed by atoms with Gasteiger partial charge in [-0.3, -0.25) is 0 Å². The van der Waals surface area contributed by atoms with Gasteiger partial charge in [-0.25, -0.2) is 4.79 Å². The summed E-state index contributed by atoms with van der Waals surface area (Å²) in [5.41, 5.74) is 0.953. The number of ether oxygens (including phenoxy) is 2. The molecule has 21 heavy (non-hydrogen) atoms. The minimum absolute atomic E-state index is 0.0660. The molecule has 1 aromatic carbocycles. The summed E-state index contributed by atoms with van der Waals surface area (Å²) in [6.45, 7) is 8.34. The topological polar surface area (TPSA) is 50.8 Å². The van der Waals surface area contributed by atoms with Crippen molar-refractivity contribution in [3.05, 3.63) is 42.5 Å². The average Bonchev–Trinajstić information content (AvgIpc) is 2.51. The summed E-state index contributed by atoms with van der Waals surface area (Å²) in [4.78, 5) is 13.9. The Kier molecular flexibility index (Phi) is 5.63. The Bertz CT molecular complexity index is 490. The van der Waals surface area contributed by atoms with Crippen LogP contribution in [-0.4, -0.2) is 43.3 Å². The minimum atomic E-state index is -0.0660. The van der Waals surface area contributed by atoms with E-state index in [0.717, 1.165) is 11.3 Å². The Balaban J connectivity index is 1.90. The van der Waals surface area contributed by atoms with Gasteiger partial charge in [-0.2, -0.15) is 0 Å². The maximum Gasteiger partial charge on any atom is 0.317 e. The molecule has 1 aromatic rings. The summed E-state index contributed by atoms with van der Waals surface area (Å²) in [5.74, 6) is 0.771. The first-order chi connectivity index (χ1) is 10.2. The molecule has 1 aliphatic heterocycles. The van der Waals surface area contributed by atoms with Gasteiger partial charge in [0.15, 0.2) is 0 Å². The number of urea groups is 1. The van der Waals surface area contributed by atoms with Crippen LogP contribution in [0.4, 0.5) is 4.79 Å². The van der Waals surface area contributed by atoms with Crippen LogP contribution in [0.3, 0.4) is 0 Å². The molecule has 0 radical (unpaired) electrons. The molecule has 2 amide bonds. The first kappa shape index (κ1) is 15.4. The van der Waals surface area contributed by atoms with Gasteiger partial charge in [0.1, 0.15) is 12.4 Å². The lowest BCUT2D eigenvalue weighted by molar-refractivity contribution is -0.00352. The van der Waals surface area contributed by atoms with E-state index in [1.54, 1.807) is 11.0 Å². The predicted molar refractivity (Wildman–Crippen MR) is 81.4 cm³/mol. The third-order valence-corrected chi connectivity index (χ3v) is 3.29. The van der Waals surface area contributed by atoms with Crippen LogP contribution in [-0.2, 0) is 11.3 Å². The van der Waals surface area contributed by atoms with Gasteiger partial charge in [-0.05, 0) is 13.0 Å². The normalized spacial score (nSPS) is 18.1. The third kappa shape index (κ3) is 4.49. The van der Waals surface area contributed by atoms with Crippen LogP contribution in [0.25, 0.3) is 0 Å². The fourth-order valence-corrected chi connectivity index (χ4v) is 2.22. The second-order valence-electron chi connectivity index (χ2n) is 4.99. The SMILES string of the molecule is C=CCOc1ccccc1CNC(=O)N1CCOC(C)C1. The zero-order chi connectivity index (χ0) is 15.1. The van der Waals surface area contributed by atoms with Crippen molar-refractivity contribution in [3.63, 3.8) is 0 Å². The van der Waals surface area contributed by atoms with E-state index in [4.69, 9.17) is 9.47 Å². The van der Waals surface area contributed by atoms with Gasteiger partial charge in [-0.15, -0.1) is 0 Å². The highest BCUT2D eigenvalue weighted by Gasteiger charge is 2.21. The van der Waals surface area contributed by atoms with Crippen LogP contribution in [0.1, 0.15) is 12.5 Å². The van der Waals surface area contributed by atoms with E-state index < -0.39 is 0 Å². The number of carbonyl (C=O) groups excluding carboxylic acids is 1. The van der Waals surface area contributed by atoms with Crippen LogP contribution in [0, 0.1) is 0 Å². The van der Waals surface area contributed by atoms with E-state index in [0.29, 0.717) is 32.8 Å². The first-order valence-electron chi connectivity index (χ1n) is 7.16. The molecular weight excluding hydrogens is 268 g/mol. The fourth-order valence-electron chi connectivity index (χ4n) is 2.22. The van der Waals surface area contributed by atoms with E-state index >= 15 is 0 Å². The molecule has 0 aromatic heterocycles. The molecule has 0 aliphatic carbocycles. The number of nitrogens with one attached hydrogen (secondary N) is 1. The zero-order valence-corrected chi connectivity index (χ0v) is 12.4. The molecule has 114 valence electrons. The Morgan fingerprint density at radius 3 is 3.14 bits per heavy atom. The summed E-state index contributed by atoms with van der Waals surface area (Å²) in [7, 11) is 0. The lowest BCUT2D eigenvalue weighted by Gasteiger charge is -2.31. The van der Waals surface area contributed by atoms with Gasteiger partial charge in [0.05, 0.1) is 12.7 Å². The van der Waals surface area contributed by atoms with Crippen LogP contribution < -0.4 is 10.1 Å². The predicted octanol–water partition coefficient (Wildman–Crippen LogP) is 2.18. The van der Waals surface area contributed by atoms with E-state index in [2.05, 4.69) is 11.9 Å². The molecule has 2 rings (SSSR count). The molecular formula is C16H22N2O3. The maximum atomic E-state index is 12.1. The smallest absolute Gasteiger partial charge is 0.317 e. The Morgan fingerprint density at radius 1 is 1.57 bits per heavy atom. The van der Waals surface area contributed by atoms with E-state index in [-0.39, 0.29) is 12.1 Å². The number of rotatable bonds is 5. The number of carbonyl (C=O) groups is 1. The van der Waals surface area contributed by atoms with Crippen molar-refractivity contribution in [1.82, 2.24) is 10.2 Å². The van der Waals surface area contributed by atoms with Crippen molar-refractivity contribution >= 4 is 6.03 Å².